The van der Waals surface area contributed by atoms with Gasteiger partial charge in [-0.05, 0) is 36.6 Å². The molecular formula is C14H16N2O3S. The molecule has 0 aliphatic carbocycles. The molecule has 0 aromatic heterocycles. The van der Waals surface area contributed by atoms with Crippen LogP contribution in [0.15, 0.2) is 18.2 Å². The van der Waals surface area contributed by atoms with Crippen molar-refractivity contribution in [3.8, 4) is 0 Å². The molecule has 3 rings (SSSR count). The fourth-order valence-electron chi connectivity index (χ4n) is 2.70. The Kier molecular flexibility index (Phi) is 3.67. The van der Waals surface area contributed by atoms with Crippen LogP contribution in [0.4, 0.5) is 5.69 Å². The number of nitrogens with zero attached hydrogens (tertiary/aromatic N) is 1. The van der Waals surface area contributed by atoms with Gasteiger partial charge in [-0.25, -0.2) is 4.79 Å². The lowest BCUT2D eigenvalue weighted by atomic mass is 9.98. The second-order valence-corrected chi connectivity index (χ2v) is 6.04. The van der Waals surface area contributed by atoms with Crippen LogP contribution in [0.2, 0.25) is 0 Å². The normalized spacial score (nSPS) is 21.6. The summed E-state index contributed by atoms with van der Waals surface area (Å²) in [6.45, 7) is 0.709. The van der Waals surface area contributed by atoms with Crippen LogP contribution in [0.25, 0.3) is 0 Å². The molecule has 1 amide bonds. The Morgan fingerprint density at radius 3 is 2.95 bits per heavy atom. The third-order valence-corrected chi connectivity index (χ3v) is 4.67. The summed E-state index contributed by atoms with van der Waals surface area (Å²) in [5, 5.41) is 12.2. The number of rotatable bonds is 2. The average Bonchev–Trinajstić information content (AvgIpc) is 2.99. The van der Waals surface area contributed by atoms with E-state index in [1.54, 1.807) is 34.9 Å². The minimum absolute atomic E-state index is 0.0963. The molecule has 0 spiro atoms. The first-order valence-electron chi connectivity index (χ1n) is 6.65. The molecular weight excluding hydrogens is 276 g/mol. The number of anilines is 1. The quantitative estimate of drug-likeness (QED) is 0.860. The Labute approximate surface area is 121 Å². The Balaban J connectivity index is 1.89. The van der Waals surface area contributed by atoms with E-state index in [4.69, 9.17) is 5.11 Å². The minimum atomic E-state index is -0.926. The molecule has 1 saturated heterocycles. The lowest BCUT2D eigenvalue weighted by molar-refractivity contribution is -0.120. The number of carboxylic acid groups (broad SMARTS) is 1. The number of amides is 1. The molecule has 2 heterocycles. The number of hydrogen-bond donors (Lipinski definition) is 2. The summed E-state index contributed by atoms with van der Waals surface area (Å²) in [6, 6.07) is 4.90. The first-order chi connectivity index (χ1) is 9.66. The van der Waals surface area contributed by atoms with Gasteiger partial charge in [0.25, 0.3) is 0 Å². The van der Waals surface area contributed by atoms with Gasteiger partial charge in [-0.1, -0.05) is 0 Å². The lowest BCUT2D eigenvalue weighted by Crippen LogP contribution is -2.47. The molecule has 0 radical (unpaired) electrons. The van der Waals surface area contributed by atoms with Gasteiger partial charge in [0.05, 0.1) is 11.6 Å². The molecule has 0 bridgehead atoms. The standard InChI is InChI=1S/C14H16N2O3S/c17-13(11-7-20-8-15-11)16-5-1-2-9-6-10(14(18)19)3-4-12(9)16/h3-4,6,11,15H,1-2,5,7-8H2,(H,18,19). The second kappa shape index (κ2) is 5.46. The van der Waals surface area contributed by atoms with Gasteiger partial charge in [-0.15, -0.1) is 11.8 Å². The number of benzene rings is 1. The highest BCUT2D eigenvalue weighted by Gasteiger charge is 2.30. The van der Waals surface area contributed by atoms with Gasteiger partial charge in [-0.3, -0.25) is 10.1 Å². The van der Waals surface area contributed by atoms with Crippen molar-refractivity contribution in [1.29, 1.82) is 0 Å². The Hall–Kier alpha value is -1.53. The summed E-state index contributed by atoms with van der Waals surface area (Å²) in [6.07, 6.45) is 1.70. The number of aryl methyl sites for hydroxylation is 1. The van der Waals surface area contributed by atoms with Crippen molar-refractivity contribution in [3.05, 3.63) is 29.3 Å². The molecule has 5 nitrogen and oxygen atoms in total. The van der Waals surface area contributed by atoms with Crippen molar-refractivity contribution in [3.63, 3.8) is 0 Å². The van der Waals surface area contributed by atoms with Crippen molar-refractivity contribution in [2.75, 3.05) is 23.1 Å². The van der Waals surface area contributed by atoms with E-state index >= 15 is 0 Å². The highest BCUT2D eigenvalue weighted by atomic mass is 32.2. The van der Waals surface area contributed by atoms with Crippen LogP contribution in [0, 0.1) is 0 Å². The first-order valence-corrected chi connectivity index (χ1v) is 7.81. The van der Waals surface area contributed by atoms with E-state index in [0.29, 0.717) is 6.54 Å². The predicted octanol–water partition coefficient (Wildman–Crippen LogP) is 1.33. The summed E-state index contributed by atoms with van der Waals surface area (Å²) in [5.41, 5.74) is 2.10. The van der Waals surface area contributed by atoms with Gasteiger partial charge in [0.15, 0.2) is 0 Å². The van der Waals surface area contributed by atoms with E-state index in [-0.39, 0.29) is 17.5 Å². The van der Waals surface area contributed by atoms with Crippen molar-refractivity contribution < 1.29 is 14.7 Å². The molecule has 1 atom stereocenters. The Morgan fingerprint density at radius 2 is 2.25 bits per heavy atom. The zero-order valence-electron chi connectivity index (χ0n) is 11.0. The maximum atomic E-state index is 12.5. The minimum Gasteiger partial charge on any atom is -0.478 e. The molecule has 1 aromatic carbocycles. The van der Waals surface area contributed by atoms with E-state index in [1.807, 2.05) is 0 Å². The SMILES string of the molecule is O=C(O)c1ccc2c(c1)CCCN2C(=O)C1CSCN1. The van der Waals surface area contributed by atoms with Crippen LogP contribution >= 0.6 is 11.8 Å². The third-order valence-electron chi connectivity index (χ3n) is 3.73. The summed E-state index contributed by atoms with van der Waals surface area (Å²) in [4.78, 5) is 25.3. The summed E-state index contributed by atoms with van der Waals surface area (Å²) in [5.74, 6) is 0.788. The van der Waals surface area contributed by atoms with Gasteiger partial charge < -0.3 is 10.0 Å². The molecule has 2 aliphatic heterocycles. The number of nitrogens with one attached hydrogen (secondary N) is 1. The van der Waals surface area contributed by atoms with Crippen molar-refractivity contribution >= 4 is 29.3 Å². The summed E-state index contributed by atoms with van der Waals surface area (Å²) < 4.78 is 0. The molecule has 6 heteroatoms. The van der Waals surface area contributed by atoms with E-state index in [9.17, 15) is 9.59 Å². The van der Waals surface area contributed by atoms with Gasteiger partial charge in [0.2, 0.25) is 5.91 Å². The molecule has 106 valence electrons. The van der Waals surface area contributed by atoms with E-state index in [0.717, 1.165) is 35.7 Å². The lowest BCUT2D eigenvalue weighted by Gasteiger charge is -2.31. The van der Waals surface area contributed by atoms with Crippen LogP contribution in [0.1, 0.15) is 22.3 Å². The van der Waals surface area contributed by atoms with Gasteiger partial charge in [0.1, 0.15) is 0 Å². The number of carbonyl (C=O) groups excluding carboxylic acids is 1. The zero-order valence-corrected chi connectivity index (χ0v) is 11.8. The Bertz CT molecular complexity index is 555. The van der Waals surface area contributed by atoms with Crippen molar-refractivity contribution in [2.45, 2.75) is 18.9 Å². The van der Waals surface area contributed by atoms with Gasteiger partial charge in [-0.2, -0.15) is 0 Å². The highest BCUT2D eigenvalue weighted by Crippen LogP contribution is 2.29. The topological polar surface area (TPSA) is 69.6 Å². The zero-order chi connectivity index (χ0) is 14.1. The molecule has 1 aromatic rings. The Morgan fingerprint density at radius 1 is 1.40 bits per heavy atom. The average molecular weight is 292 g/mol. The molecule has 20 heavy (non-hydrogen) atoms. The smallest absolute Gasteiger partial charge is 0.335 e. The maximum absolute atomic E-state index is 12.5. The molecule has 1 fully saturated rings. The van der Waals surface area contributed by atoms with Crippen LogP contribution in [0.5, 0.6) is 0 Å². The van der Waals surface area contributed by atoms with Crippen molar-refractivity contribution in [1.82, 2.24) is 5.32 Å². The van der Waals surface area contributed by atoms with Gasteiger partial charge >= 0.3 is 5.97 Å². The van der Waals surface area contributed by atoms with Gasteiger partial charge in [0, 0.05) is 23.9 Å². The summed E-state index contributed by atoms with van der Waals surface area (Å²) >= 11 is 1.73. The van der Waals surface area contributed by atoms with Crippen molar-refractivity contribution in [2.24, 2.45) is 0 Å². The molecule has 2 aliphatic rings. The number of carboxylic acids is 1. The maximum Gasteiger partial charge on any atom is 0.335 e. The monoisotopic (exact) mass is 292 g/mol. The fourth-order valence-corrected chi connectivity index (χ4v) is 3.63. The highest BCUT2D eigenvalue weighted by molar-refractivity contribution is 7.99. The number of hydrogen-bond acceptors (Lipinski definition) is 4. The molecule has 1 unspecified atom stereocenters. The number of thioether (sulfide) groups is 1. The number of carbonyl (C=O) groups is 2. The predicted molar refractivity (Wildman–Crippen MR) is 78.3 cm³/mol. The van der Waals surface area contributed by atoms with E-state index < -0.39 is 5.97 Å². The van der Waals surface area contributed by atoms with E-state index in [2.05, 4.69) is 5.32 Å². The summed E-state index contributed by atoms with van der Waals surface area (Å²) in [7, 11) is 0. The second-order valence-electron chi connectivity index (χ2n) is 5.01. The van der Waals surface area contributed by atoms with Crippen LogP contribution < -0.4 is 10.2 Å². The number of aromatic carboxylic acids is 1. The van der Waals surface area contributed by atoms with Crippen LogP contribution in [0.3, 0.4) is 0 Å². The largest absolute Gasteiger partial charge is 0.478 e. The van der Waals surface area contributed by atoms with E-state index in [1.165, 1.54) is 0 Å². The van der Waals surface area contributed by atoms with Crippen LogP contribution in [-0.2, 0) is 11.2 Å². The third kappa shape index (κ3) is 2.41. The molecule has 0 saturated carbocycles. The fraction of sp³-hybridized carbons (Fsp3) is 0.429. The number of fused-ring (bicyclic) bond motifs is 1. The van der Waals surface area contributed by atoms with Crippen LogP contribution in [-0.4, -0.2) is 41.2 Å². The first kappa shape index (κ1) is 13.5. The molecule has 2 N–H and O–H groups in total.